The minimum atomic E-state index is -0.812. The summed E-state index contributed by atoms with van der Waals surface area (Å²) in [5.41, 5.74) is 3.23. The second kappa shape index (κ2) is 9.02. The predicted octanol–water partition coefficient (Wildman–Crippen LogP) is 4.80. The van der Waals surface area contributed by atoms with Gasteiger partial charge in [0.25, 0.3) is 0 Å². The molecule has 2 aliphatic rings. The smallest absolute Gasteiger partial charge is 0.338 e. The van der Waals surface area contributed by atoms with Crippen LogP contribution in [0.4, 0.5) is 0 Å². The molecule has 1 fully saturated rings. The monoisotopic (exact) mass is 446 g/mol. The Morgan fingerprint density at radius 3 is 2.70 bits per heavy atom. The van der Waals surface area contributed by atoms with Gasteiger partial charge in [-0.05, 0) is 62.9 Å². The van der Waals surface area contributed by atoms with Gasteiger partial charge in [0, 0.05) is 29.6 Å². The van der Waals surface area contributed by atoms with Crippen LogP contribution in [-0.4, -0.2) is 47.1 Å². The van der Waals surface area contributed by atoms with Gasteiger partial charge in [0.2, 0.25) is 0 Å². The van der Waals surface area contributed by atoms with Gasteiger partial charge >= 0.3 is 11.9 Å². The summed E-state index contributed by atoms with van der Waals surface area (Å²) in [6.07, 6.45) is 3.23. The van der Waals surface area contributed by atoms with Crippen LogP contribution in [0, 0.1) is 0 Å². The van der Waals surface area contributed by atoms with Gasteiger partial charge in [-0.2, -0.15) is 0 Å². The van der Waals surface area contributed by atoms with Gasteiger partial charge in [0.05, 0.1) is 18.2 Å². The maximum Gasteiger partial charge on any atom is 0.338 e. The van der Waals surface area contributed by atoms with E-state index in [9.17, 15) is 9.59 Å². The zero-order valence-corrected chi connectivity index (χ0v) is 19.0. The number of hydrogen-bond acceptors (Lipinski definition) is 5. The Kier molecular flexibility index (Phi) is 5.94. The number of para-hydroxylation sites is 1. The van der Waals surface area contributed by atoms with E-state index in [1.54, 1.807) is 12.1 Å². The summed E-state index contributed by atoms with van der Waals surface area (Å²) in [7, 11) is 0. The number of hydrogen-bond donors (Lipinski definition) is 1. The summed E-state index contributed by atoms with van der Waals surface area (Å²) < 4.78 is 11.6. The average Bonchev–Trinajstić information content (AvgIpc) is 3.22. The van der Waals surface area contributed by atoms with Gasteiger partial charge in [-0.15, -0.1) is 0 Å². The van der Waals surface area contributed by atoms with Crippen LogP contribution in [0.3, 0.4) is 0 Å². The number of aromatic amines is 1. The first-order valence-corrected chi connectivity index (χ1v) is 11.9. The van der Waals surface area contributed by atoms with Crippen LogP contribution in [0.1, 0.15) is 60.3 Å². The SMILES string of the molecule is CCOC(=O)CCC1(OC(=O)c2ccccc2)CCCN2CCc3c([nH]c4ccccc34)C21. The van der Waals surface area contributed by atoms with E-state index < -0.39 is 5.60 Å². The standard InChI is InChI=1S/C27H30N2O4/c1-2-32-23(30)13-16-27(33-26(31)19-9-4-3-5-10-19)15-8-17-29-18-14-21-20-11-6-7-12-22(20)28-24(21)25(27)29/h3-7,9-12,25,28H,2,8,13-18H2,1H3. The van der Waals surface area contributed by atoms with E-state index in [4.69, 9.17) is 9.47 Å². The molecule has 6 heteroatoms. The average molecular weight is 447 g/mol. The first-order valence-electron chi connectivity index (χ1n) is 11.9. The summed E-state index contributed by atoms with van der Waals surface area (Å²) in [5.74, 6) is -0.595. The highest BCUT2D eigenvalue weighted by molar-refractivity contribution is 5.90. The molecule has 1 N–H and O–H groups in total. The Balaban J connectivity index is 1.57. The van der Waals surface area contributed by atoms with Crippen LogP contribution < -0.4 is 0 Å². The molecular weight excluding hydrogens is 416 g/mol. The molecule has 1 saturated heterocycles. The molecular formula is C27H30N2O4. The van der Waals surface area contributed by atoms with Gasteiger partial charge < -0.3 is 14.5 Å². The van der Waals surface area contributed by atoms with Crippen LogP contribution in [-0.2, 0) is 20.7 Å². The Labute approximate surface area is 193 Å². The van der Waals surface area contributed by atoms with E-state index >= 15 is 0 Å². The largest absolute Gasteiger partial charge is 0.466 e. The first-order chi connectivity index (χ1) is 16.1. The fourth-order valence-corrected chi connectivity index (χ4v) is 5.63. The molecule has 2 atom stereocenters. The molecule has 2 aromatic carbocycles. The Bertz CT molecular complexity index is 1160. The Morgan fingerprint density at radius 1 is 1.09 bits per heavy atom. The van der Waals surface area contributed by atoms with Gasteiger partial charge in [-0.25, -0.2) is 4.79 Å². The number of fused-ring (bicyclic) bond motifs is 5. The van der Waals surface area contributed by atoms with E-state index in [0.717, 1.165) is 37.1 Å². The van der Waals surface area contributed by atoms with Crippen LogP contribution in [0.15, 0.2) is 54.6 Å². The zero-order chi connectivity index (χ0) is 22.8. The molecule has 0 radical (unpaired) electrons. The fourth-order valence-electron chi connectivity index (χ4n) is 5.63. The lowest BCUT2D eigenvalue weighted by Crippen LogP contribution is -2.55. The van der Waals surface area contributed by atoms with Crippen molar-refractivity contribution in [1.82, 2.24) is 9.88 Å². The predicted molar refractivity (Wildman–Crippen MR) is 126 cm³/mol. The molecule has 0 aliphatic carbocycles. The topological polar surface area (TPSA) is 71.6 Å². The van der Waals surface area contributed by atoms with Crippen LogP contribution in [0.25, 0.3) is 10.9 Å². The highest BCUT2D eigenvalue weighted by atomic mass is 16.6. The molecule has 2 aliphatic heterocycles. The van der Waals surface area contributed by atoms with Crippen LogP contribution >= 0.6 is 0 Å². The number of benzene rings is 2. The second-order valence-electron chi connectivity index (χ2n) is 8.98. The number of ether oxygens (including phenoxy) is 2. The highest BCUT2D eigenvalue weighted by Crippen LogP contribution is 2.49. The normalized spacial score (nSPS) is 22.4. The van der Waals surface area contributed by atoms with Crippen molar-refractivity contribution >= 4 is 22.8 Å². The molecule has 0 bridgehead atoms. The minimum absolute atomic E-state index is 0.121. The van der Waals surface area contributed by atoms with Crippen molar-refractivity contribution < 1.29 is 19.1 Å². The summed E-state index contributed by atoms with van der Waals surface area (Å²) in [6.45, 7) is 4.01. The number of H-pyrrole nitrogens is 1. The number of esters is 2. The van der Waals surface area contributed by atoms with Crippen LogP contribution in [0.5, 0.6) is 0 Å². The zero-order valence-electron chi connectivity index (χ0n) is 19.0. The minimum Gasteiger partial charge on any atom is -0.466 e. The highest BCUT2D eigenvalue weighted by Gasteiger charge is 2.51. The van der Waals surface area contributed by atoms with Gasteiger partial charge in [-0.1, -0.05) is 36.4 Å². The number of nitrogens with zero attached hydrogens (tertiary/aromatic N) is 1. The van der Waals surface area contributed by atoms with E-state index in [1.165, 1.54) is 10.9 Å². The summed E-state index contributed by atoms with van der Waals surface area (Å²) in [5, 5.41) is 1.23. The third-order valence-electron chi connectivity index (χ3n) is 7.04. The van der Waals surface area contributed by atoms with Crippen LogP contribution in [0.2, 0.25) is 0 Å². The number of nitrogens with one attached hydrogen (secondary N) is 1. The summed E-state index contributed by atoms with van der Waals surface area (Å²) in [6, 6.07) is 17.3. The first kappa shape index (κ1) is 21.7. The maximum absolute atomic E-state index is 13.3. The number of carbonyl (C=O) groups is 2. The lowest BCUT2D eigenvalue weighted by molar-refractivity contribution is -0.148. The van der Waals surface area contributed by atoms with E-state index in [2.05, 4.69) is 28.1 Å². The molecule has 0 amide bonds. The van der Waals surface area contributed by atoms with Crippen molar-refractivity contribution in [2.24, 2.45) is 0 Å². The van der Waals surface area contributed by atoms with E-state index in [0.29, 0.717) is 25.0 Å². The van der Waals surface area contributed by atoms with E-state index in [-0.39, 0.29) is 24.4 Å². The molecule has 2 unspecified atom stereocenters. The molecule has 1 aromatic heterocycles. The van der Waals surface area contributed by atoms with E-state index in [1.807, 2.05) is 31.2 Å². The quantitative estimate of drug-likeness (QED) is 0.551. The lowest BCUT2D eigenvalue weighted by atomic mass is 9.76. The third kappa shape index (κ3) is 4.04. The Morgan fingerprint density at radius 2 is 1.88 bits per heavy atom. The van der Waals surface area contributed by atoms with Crippen molar-refractivity contribution in [3.8, 4) is 0 Å². The summed E-state index contributed by atoms with van der Waals surface area (Å²) >= 11 is 0. The van der Waals surface area contributed by atoms with Crippen molar-refractivity contribution in [2.75, 3.05) is 19.7 Å². The van der Waals surface area contributed by atoms with Crippen molar-refractivity contribution in [1.29, 1.82) is 0 Å². The molecule has 0 saturated carbocycles. The number of rotatable bonds is 6. The maximum atomic E-state index is 13.3. The molecule has 6 nitrogen and oxygen atoms in total. The van der Waals surface area contributed by atoms with Crippen molar-refractivity contribution in [3.63, 3.8) is 0 Å². The van der Waals surface area contributed by atoms with Gasteiger partial charge in [-0.3, -0.25) is 9.69 Å². The number of aromatic nitrogens is 1. The molecule has 0 spiro atoms. The number of piperidine rings is 1. The Hall–Kier alpha value is -3.12. The fraction of sp³-hybridized carbons (Fsp3) is 0.407. The third-order valence-corrected chi connectivity index (χ3v) is 7.04. The molecule has 3 heterocycles. The van der Waals surface area contributed by atoms with Crippen molar-refractivity contribution in [3.05, 3.63) is 71.4 Å². The molecule has 5 rings (SSSR count). The van der Waals surface area contributed by atoms with Crippen molar-refractivity contribution in [2.45, 2.75) is 50.7 Å². The number of carbonyl (C=O) groups excluding carboxylic acids is 2. The lowest BCUT2D eigenvalue weighted by Gasteiger charge is -2.51. The second-order valence-corrected chi connectivity index (χ2v) is 8.98. The molecule has 172 valence electrons. The molecule has 33 heavy (non-hydrogen) atoms. The summed E-state index contributed by atoms with van der Waals surface area (Å²) in [4.78, 5) is 31.7. The molecule has 3 aromatic rings. The van der Waals surface area contributed by atoms with Gasteiger partial charge in [0.15, 0.2) is 0 Å². The van der Waals surface area contributed by atoms with Gasteiger partial charge in [0.1, 0.15) is 5.60 Å².